The minimum Gasteiger partial charge on any atom is -0.454 e. The van der Waals surface area contributed by atoms with Gasteiger partial charge in [-0.3, -0.25) is 14.4 Å². The Labute approximate surface area is 164 Å². The zero-order valence-electron chi connectivity index (χ0n) is 16.9. The van der Waals surface area contributed by atoms with Gasteiger partial charge in [0.25, 0.3) is 0 Å². The Morgan fingerprint density at radius 2 is 1.93 bits per heavy atom. The summed E-state index contributed by atoms with van der Waals surface area (Å²) in [6, 6.07) is 0. The molecule has 8 atom stereocenters. The number of ketones is 2. The Bertz CT molecular complexity index is 844. The largest absolute Gasteiger partial charge is 0.454 e. The molecular formula is C22H28O6. The molecule has 6 heteroatoms. The third kappa shape index (κ3) is 1.76. The first-order valence-corrected chi connectivity index (χ1v) is 10.4. The number of carbonyl (C=O) groups excluding carboxylic acids is 3. The average Bonchev–Trinajstić information content (AvgIpc) is 3.17. The summed E-state index contributed by atoms with van der Waals surface area (Å²) < 4.78 is 11.7. The van der Waals surface area contributed by atoms with Crippen LogP contribution in [0, 0.1) is 28.1 Å². The first-order chi connectivity index (χ1) is 13.1. The summed E-state index contributed by atoms with van der Waals surface area (Å²) in [4.78, 5) is 38.2. The van der Waals surface area contributed by atoms with Gasteiger partial charge in [0, 0.05) is 24.8 Å². The Morgan fingerprint density at radius 1 is 1.21 bits per heavy atom. The molecule has 0 amide bonds. The van der Waals surface area contributed by atoms with Crippen molar-refractivity contribution < 1.29 is 29.0 Å². The van der Waals surface area contributed by atoms with E-state index >= 15 is 0 Å². The topological polar surface area (TPSA) is 89.9 Å². The minimum absolute atomic E-state index is 0.106. The molecule has 0 spiro atoms. The van der Waals surface area contributed by atoms with E-state index in [-0.39, 0.29) is 35.4 Å². The molecule has 6 nitrogen and oxygen atoms in total. The van der Waals surface area contributed by atoms with E-state index in [1.165, 1.54) is 6.92 Å². The zero-order valence-corrected chi connectivity index (χ0v) is 16.9. The van der Waals surface area contributed by atoms with Gasteiger partial charge in [-0.1, -0.05) is 20.8 Å². The number of rotatable bonds is 1. The SMILES string of the molecule is CC(=O)OC1C(=O)C23C4OCC5=C4C(C)(CCC5=O)CCC2(C)C1C(C)C3O. The van der Waals surface area contributed by atoms with Crippen molar-refractivity contribution in [1.82, 2.24) is 0 Å². The molecule has 0 aromatic heterocycles. The lowest BCUT2D eigenvalue weighted by Gasteiger charge is -2.45. The fourth-order valence-electron chi connectivity index (χ4n) is 7.73. The molecule has 1 aliphatic heterocycles. The molecule has 1 N–H and O–H groups in total. The summed E-state index contributed by atoms with van der Waals surface area (Å²) in [6.07, 6.45) is 0.517. The molecule has 3 fully saturated rings. The van der Waals surface area contributed by atoms with Crippen molar-refractivity contribution in [1.29, 1.82) is 0 Å². The van der Waals surface area contributed by atoms with Crippen LogP contribution in [-0.2, 0) is 23.9 Å². The number of hydrogen-bond acceptors (Lipinski definition) is 6. The Kier molecular flexibility index (Phi) is 3.52. The normalized spacial score (nSPS) is 51.8. The summed E-state index contributed by atoms with van der Waals surface area (Å²) in [6.45, 7) is 7.71. The van der Waals surface area contributed by atoms with E-state index in [2.05, 4.69) is 13.8 Å². The van der Waals surface area contributed by atoms with Crippen LogP contribution in [0.25, 0.3) is 0 Å². The highest BCUT2D eigenvalue weighted by molar-refractivity contribution is 6.01. The van der Waals surface area contributed by atoms with Gasteiger partial charge in [-0.25, -0.2) is 0 Å². The van der Waals surface area contributed by atoms with Crippen LogP contribution in [0.1, 0.15) is 53.4 Å². The van der Waals surface area contributed by atoms with Crippen molar-refractivity contribution in [3.05, 3.63) is 11.1 Å². The third-order valence-corrected chi connectivity index (χ3v) is 8.98. The van der Waals surface area contributed by atoms with Gasteiger partial charge < -0.3 is 14.6 Å². The lowest BCUT2D eigenvalue weighted by Crippen LogP contribution is -2.58. The molecule has 4 aliphatic carbocycles. The number of carbonyl (C=O) groups is 3. The van der Waals surface area contributed by atoms with E-state index in [9.17, 15) is 19.5 Å². The van der Waals surface area contributed by atoms with Gasteiger partial charge in [-0.2, -0.15) is 0 Å². The zero-order chi connectivity index (χ0) is 20.2. The van der Waals surface area contributed by atoms with Gasteiger partial charge in [0.1, 0.15) is 0 Å². The molecule has 5 rings (SSSR count). The van der Waals surface area contributed by atoms with Crippen LogP contribution in [0.5, 0.6) is 0 Å². The van der Waals surface area contributed by atoms with E-state index < -0.39 is 35.1 Å². The fraction of sp³-hybridized carbons (Fsp3) is 0.773. The highest BCUT2D eigenvalue weighted by Gasteiger charge is 2.82. The van der Waals surface area contributed by atoms with E-state index in [4.69, 9.17) is 9.47 Å². The van der Waals surface area contributed by atoms with Crippen molar-refractivity contribution in [3.63, 3.8) is 0 Å². The predicted molar refractivity (Wildman–Crippen MR) is 98.1 cm³/mol. The van der Waals surface area contributed by atoms with Gasteiger partial charge >= 0.3 is 5.97 Å². The van der Waals surface area contributed by atoms with Crippen LogP contribution < -0.4 is 0 Å². The van der Waals surface area contributed by atoms with Crippen LogP contribution in [-0.4, -0.2) is 47.6 Å². The standard InChI is InChI=1S/C22H28O6/c1-10-14-16(28-11(2)23)18(26)22(17(10)25)19-15-12(9-27-19)13(24)5-6-20(15,3)7-8-21(14,22)4/h10,14,16-17,19,25H,5-9H2,1-4H3. The maximum absolute atomic E-state index is 13.8. The minimum atomic E-state index is -1.16. The van der Waals surface area contributed by atoms with Crippen molar-refractivity contribution in [2.75, 3.05) is 6.61 Å². The molecule has 2 bridgehead atoms. The monoisotopic (exact) mass is 388 g/mol. The molecule has 1 heterocycles. The molecule has 0 aromatic carbocycles. The summed E-state index contributed by atoms with van der Waals surface area (Å²) in [5, 5.41) is 11.4. The molecule has 8 unspecified atom stereocenters. The van der Waals surface area contributed by atoms with E-state index in [0.717, 1.165) is 24.8 Å². The number of hydrogen-bond donors (Lipinski definition) is 1. The first kappa shape index (κ1) is 18.5. The molecule has 152 valence electrons. The van der Waals surface area contributed by atoms with Crippen LogP contribution in [0.4, 0.5) is 0 Å². The molecule has 0 aromatic rings. The number of esters is 1. The number of ether oxygens (including phenoxy) is 2. The summed E-state index contributed by atoms with van der Waals surface area (Å²) in [7, 11) is 0. The smallest absolute Gasteiger partial charge is 0.303 e. The number of Topliss-reactive ketones (excluding diaryl/α,β-unsaturated/α-hetero) is 2. The predicted octanol–water partition coefficient (Wildman–Crippen LogP) is 1.98. The lowest BCUT2D eigenvalue weighted by atomic mass is 9.60. The van der Waals surface area contributed by atoms with E-state index in [0.29, 0.717) is 12.0 Å². The maximum atomic E-state index is 13.8. The highest BCUT2D eigenvalue weighted by Crippen LogP contribution is 2.74. The molecule has 3 saturated carbocycles. The fourth-order valence-corrected chi connectivity index (χ4v) is 7.73. The van der Waals surface area contributed by atoms with Crippen molar-refractivity contribution in [3.8, 4) is 0 Å². The van der Waals surface area contributed by atoms with Gasteiger partial charge in [0.15, 0.2) is 17.7 Å². The molecule has 0 saturated heterocycles. The number of aliphatic hydroxyl groups excluding tert-OH is 1. The molecule has 5 aliphatic rings. The van der Waals surface area contributed by atoms with Crippen molar-refractivity contribution >= 4 is 17.5 Å². The van der Waals surface area contributed by atoms with Gasteiger partial charge in [0.2, 0.25) is 0 Å². The summed E-state index contributed by atoms with van der Waals surface area (Å²) in [5.41, 5.74) is -0.239. The molecular weight excluding hydrogens is 360 g/mol. The maximum Gasteiger partial charge on any atom is 0.303 e. The first-order valence-electron chi connectivity index (χ1n) is 10.4. The highest BCUT2D eigenvalue weighted by atomic mass is 16.5. The second-order valence-electron chi connectivity index (χ2n) is 10.1. The third-order valence-electron chi connectivity index (χ3n) is 8.98. The van der Waals surface area contributed by atoms with E-state index in [1.807, 2.05) is 6.92 Å². The second kappa shape index (κ2) is 5.33. The summed E-state index contributed by atoms with van der Waals surface area (Å²) >= 11 is 0. The summed E-state index contributed by atoms with van der Waals surface area (Å²) in [5.74, 6) is -1.03. The second-order valence-corrected chi connectivity index (χ2v) is 10.1. The van der Waals surface area contributed by atoms with Crippen LogP contribution in [0.2, 0.25) is 0 Å². The quantitative estimate of drug-likeness (QED) is 0.691. The average molecular weight is 388 g/mol. The Balaban J connectivity index is 1.75. The molecule has 28 heavy (non-hydrogen) atoms. The van der Waals surface area contributed by atoms with Gasteiger partial charge in [0.05, 0.1) is 24.2 Å². The Hall–Kier alpha value is -1.53. The lowest BCUT2D eigenvalue weighted by molar-refractivity contribution is -0.170. The van der Waals surface area contributed by atoms with Crippen LogP contribution in [0.15, 0.2) is 11.1 Å². The van der Waals surface area contributed by atoms with E-state index in [1.54, 1.807) is 0 Å². The number of aliphatic hydroxyl groups is 1. The van der Waals surface area contributed by atoms with Crippen molar-refractivity contribution in [2.24, 2.45) is 28.1 Å². The van der Waals surface area contributed by atoms with Gasteiger partial charge in [-0.05, 0) is 41.6 Å². The van der Waals surface area contributed by atoms with Crippen LogP contribution >= 0.6 is 0 Å². The Morgan fingerprint density at radius 3 is 2.61 bits per heavy atom. The molecule has 0 radical (unpaired) electrons. The van der Waals surface area contributed by atoms with Gasteiger partial charge in [-0.15, -0.1) is 0 Å². The van der Waals surface area contributed by atoms with Crippen molar-refractivity contribution in [2.45, 2.75) is 71.7 Å². The van der Waals surface area contributed by atoms with Crippen LogP contribution in [0.3, 0.4) is 0 Å².